The molecule has 1 N–H and O–H groups in total. The van der Waals surface area contributed by atoms with Gasteiger partial charge in [-0.1, -0.05) is 0 Å². The van der Waals surface area contributed by atoms with Crippen LogP contribution in [0.5, 0.6) is 0 Å². The highest BCUT2D eigenvalue weighted by Crippen LogP contribution is 2.22. The van der Waals surface area contributed by atoms with E-state index in [9.17, 15) is 4.21 Å². The van der Waals surface area contributed by atoms with Gasteiger partial charge in [-0.25, -0.2) is 4.98 Å². The molecule has 0 saturated carbocycles. The van der Waals surface area contributed by atoms with Crippen LogP contribution in [0, 0.1) is 13.8 Å². The Kier molecular flexibility index (Phi) is 4.73. The molecule has 0 aliphatic carbocycles. The van der Waals surface area contributed by atoms with Crippen LogP contribution >= 0.6 is 11.3 Å². The minimum Gasteiger partial charge on any atom is -0.359 e. The summed E-state index contributed by atoms with van der Waals surface area (Å²) in [6, 6.07) is 0.332. The van der Waals surface area contributed by atoms with E-state index in [1.807, 2.05) is 6.92 Å². The lowest BCUT2D eigenvalue weighted by Gasteiger charge is -2.11. The predicted octanol–water partition coefficient (Wildman–Crippen LogP) is 2.33. The highest BCUT2D eigenvalue weighted by Gasteiger charge is 2.07. The number of hydrogen-bond acceptors (Lipinski definition) is 4. The van der Waals surface area contributed by atoms with Crippen molar-refractivity contribution in [1.82, 2.24) is 4.98 Å². The Balaban J connectivity index is 2.44. The van der Waals surface area contributed by atoms with E-state index in [-0.39, 0.29) is 0 Å². The van der Waals surface area contributed by atoms with Crippen LogP contribution in [-0.2, 0) is 10.8 Å². The fourth-order valence-corrected chi connectivity index (χ4v) is 2.77. The van der Waals surface area contributed by atoms with Crippen LogP contribution in [0.15, 0.2) is 0 Å². The first-order valence-corrected chi connectivity index (χ1v) is 7.54. The topological polar surface area (TPSA) is 42.0 Å². The molecule has 1 rings (SSSR count). The van der Waals surface area contributed by atoms with Crippen molar-refractivity contribution in [1.29, 1.82) is 0 Å². The molecule has 0 spiro atoms. The number of aryl methyl sites for hydroxylation is 2. The summed E-state index contributed by atoms with van der Waals surface area (Å²) < 4.78 is 10.9. The van der Waals surface area contributed by atoms with Crippen LogP contribution in [0.4, 0.5) is 5.13 Å². The third kappa shape index (κ3) is 4.30. The van der Waals surface area contributed by atoms with Crippen molar-refractivity contribution >= 4 is 27.3 Å². The summed E-state index contributed by atoms with van der Waals surface area (Å²) >= 11 is 1.68. The first kappa shape index (κ1) is 12.6. The maximum Gasteiger partial charge on any atom is 0.183 e. The van der Waals surface area contributed by atoms with Gasteiger partial charge in [0.2, 0.25) is 0 Å². The maximum atomic E-state index is 10.9. The highest BCUT2D eigenvalue weighted by atomic mass is 32.2. The monoisotopic (exact) mass is 246 g/mol. The highest BCUT2D eigenvalue weighted by molar-refractivity contribution is 7.84. The number of rotatable bonds is 5. The van der Waals surface area contributed by atoms with Gasteiger partial charge in [0, 0.05) is 33.7 Å². The molecule has 3 nitrogen and oxygen atoms in total. The second-order valence-electron chi connectivity index (χ2n) is 3.77. The first-order valence-electron chi connectivity index (χ1n) is 4.99. The molecule has 0 saturated heterocycles. The lowest BCUT2D eigenvalue weighted by atomic mass is 10.3. The molecule has 0 aromatic carbocycles. The summed E-state index contributed by atoms with van der Waals surface area (Å²) in [5.74, 6) is 0.748. The third-order valence-electron chi connectivity index (χ3n) is 2.24. The molecule has 0 fully saturated rings. The Morgan fingerprint density at radius 2 is 2.20 bits per heavy atom. The van der Waals surface area contributed by atoms with E-state index in [0.717, 1.165) is 23.0 Å². The van der Waals surface area contributed by atoms with Crippen molar-refractivity contribution < 1.29 is 4.21 Å². The standard InChI is InChI=1S/C10H18N2OS2/c1-7(5-6-15(4)13)11-10-12-8(2)9(3)14-10/h7H,5-6H2,1-4H3,(H,11,12). The zero-order valence-electron chi connectivity index (χ0n) is 9.66. The first-order chi connectivity index (χ1) is 6.99. The summed E-state index contributed by atoms with van der Waals surface area (Å²) in [4.78, 5) is 5.66. The Bertz CT molecular complexity index is 330. The fourth-order valence-electron chi connectivity index (χ4n) is 1.16. The van der Waals surface area contributed by atoms with Gasteiger partial charge in [0.1, 0.15) is 0 Å². The van der Waals surface area contributed by atoms with Gasteiger partial charge in [-0.3, -0.25) is 4.21 Å². The zero-order chi connectivity index (χ0) is 11.4. The average Bonchev–Trinajstić information content (AvgIpc) is 2.42. The van der Waals surface area contributed by atoms with E-state index in [2.05, 4.69) is 24.1 Å². The summed E-state index contributed by atoms with van der Waals surface area (Å²) in [5, 5.41) is 4.30. The summed E-state index contributed by atoms with van der Waals surface area (Å²) in [6.07, 6.45) is 2.66. The van der Waals surface area contributed by atoms with Gasteiger partial charge in [-0.2, -0.15) is 0 Å². The molecule has 86 valence electrons. The quantitative estimate of drug-likeness (QED) is 0.867. The second-order valence-corrected chi connectivity index (χ2v) is 6.53. The molecular weight excluding hydrogens is 228 g/mol. The lowest BCUT2D eigenvalue weighted by Crippen LogP contribution is -2.17. The van der Waals surface area contributed by atoms with E-state index >= 15 is 0 Å². The molecule has 0 amide bonds. The fraction of sp³-hybridized carbons (Fsp3) is 0.700. The van der Waals surface area contributed by atoms with E-state index < -0.39 is 10.8 Å². The normalized spacial score (nSPS) is 14.9. The predicted molar refractivity (Wildman–Crippen MR) is 68.2 cm³/mol. The van der Waals surface area contributed by atoms with Crippen LogP contribution in [0.2, 0.25) is 0 Å². The molecule has 0 radical (unpaired) electrons. The van der Waals surface area contributed by atoms with Crippen LogP contribution in [0.3, 0.4) is 0 Å². The van der Waals surface area contributed by atoms with Crippen molar-refractivity contribution in [3.05, 3.63) is 10.6 Å². The molecule has 1 aromatic rings. The second kappa shape index (κ2) is 5.61. The van der Waals surface area contributed by atoms with Gasteiger partial charge in [-0.05, 0) is 27.2 Å². The molecule has 2 atom stereocenters. The largest absolute Gasteiger partial charge is 0.359 e. The zero-order valence-corrected chi connectivity index (χ0v) is 11.3. The molecule has 2 unspecified atom stereocenters. The van der Waals surface area contributed by atoms with Crippen molar-refractivity contribution in [2.45, 2.75) is 33.2 Å². The van der Waals surface area contributed by atoms with E-state index in [1.54, 1.807) is 17.6 Å². The van der Waals surface area contributed by atoms with Gasteiger partial charge < -0.3 is 5.32 Å². The van der Waals surface area contributed by atoms with Crippen molar-refractivity contribution in [2.75, 3.05) is 17.3 Å². The molecule has 0 aliphatic heterocycles. The van der Waals surface area contributed by atoms with Crippen LogP contribution in [-0.4, -0.2) is 27.2 Å². The minimum atomic E-state index is -0.700. The maximum absolute atomic E-state index is 10.9. The van der Waals surface area contributed by atoms with Crippen LogP contribution in [0.1, 0.15) is 23.9 Å². The Hall–Kier alpha value is -0.420. The third-order valence-corrected chi connectivity index (χ3v) is 4.05. The number of nitrogens with zero attached hydrogens (tertiary/aromatic N) is 1. The van der Waals surface area contributed by atoms with Crippen LogP contribution in [0.25, 0.3) is 0 Å². The van der Waals surface area contributed by atoms with Gasteiger partial charge in [-0.15, -0.1) is 11.3 Å². The molecule has 1 aromatic heterocycles. The van der Waals surface area contributed by atoms with Crippen molar-refractivity contribution in [2.24, 2.45) is 0 Å². The van der Waals surface area contributed by atoms with Crippen molar-refractivity contribution in [3.63, 3.8) is 0 Å². The Morgan fingerprint density at radius 3 is 2.67 bits per heavy atom. The lowest BCUT2D eigenvalue weighted by molar-refractivity contribution is 0.678. The van der Waals surface area contributed by atoms with Gasteiger partial charge in [0.15, 0.2) is 5.13 Å². The molecule has 5 heteroatoms. The average molecular weight is 246 g/mol. The molecule has 15 heavy (non-hydrogen) atoms. The molecule has 0 aliphatic rings. The summed E-state index contributed by atoms with van der Waals surface area (Å²) in [7, 11) is -0.700. The number of thiazole rings is 1. The number of anilines is 1. The number of hydrogen-bond donors (Lipinski definition) is 1. The molecular formula is C10H18N2OS2. The van der Waals surface area contributed by atoms with Crippen molar-refractivity contribution in [3.8, 4) is 0 Å². The van der Waals surface area contributed by atoms with E-state index in [4.69, 9.17) is 0 Å². The summed E-state index contributed by atoms with van der Waals surface area (Å²) in [5.41, 5.74) is 1.09. The smallest absolute Gasteiger partial charge is 0.183 e. The Labute approximate surface area is 97.8 Å². The SMILES string of the molecule is Cc1nc(NC(C)CCS(C)=O)sc1C. The van der Waals surface area contributed by atoms with Gasteiger partial charge in [0.25, 0.3) is 0 Å². The summed E-state index contributed by atoms with van der Waals surface area (Å²) in [6.45, 7) is 6.19. The minimum absolute atomic E-state index is 0.332. The molecule has 0 bridgehead atoms. The molecule has 1 heterocycles. The van der Waals surface area contributed by atoms with Gasteiger partial charge >= 0.3 is 0 Å². The number of aromatic nitrogens is 1. The van der Waals surface area contributed by atoms with E-state index in [1.165, 1.54) is 4.88 Å². The van der Waals surface area contributed by atoms with E-state index in [0.29, 0.717) is 6.04 Å². The Morgan fingerprint density at radius 1 is 1.53 bits per heavy atom. The van der Waals surface area contributed by atoms with Gasteiger partial charge in [0.05, 0.1) is 5.69 Å². The number of nitrogens with one attached hydrogen (secondary N) is 1. The van der Waals surface area contributed by atoms with Crippen LogP contribution < -0.4 is 5.32 Å².